The minimum absolute atomic E-state index is 0. The van der Waals surface area contributed by atoms with Crippen LogP contribution in [0.5, 0.6) is 0 Å². The van der Waals surface area contributed by atoms with Crippen molar-refractivity contribution in [2.24, 2.45) is 4.99 Å². The van der Waals surface area contributed by atoms with Crippen molar-refractivity contribution in [3.63, 3.8) is 0 Å². The minimum Gasteiger partial charge on any atom is -0.357 e. The fourth-order valence-electron chi connectivity index (χ4n) is 2.35. The molecule has 6 heteroatoms. The second kappa shape index (κ2) is 11.9. The highest BCUT2D eigenvalue weighted by Gasteiger charge is 2.05. The Morgan fingerprint density at radius 1 is 1.29 bits per heavy atom. The van der Waals surface area contributed by atoms with Crippen molar-refractivity contribution in [2.75, 3.05) is 13.1 Å². The van der Waals surface area contributed by atoms with Crippen LogP contribution in [0, 0.1) is 0 Å². The fraction of sp³-hybridized carbons (Fsp3) is 0.444. The maximum absolute atomic E-state index is 4.63. The van der Waals surface area contributed by atoms with Gasteiger partial charge in [-0.05, 0) is 32.3 Å². The molecule has 0 aliphatic carbocycles. The lowest BCUT2D eigenvalue weighted by atomic mass is 10.1. The van der Waals surface area contributed by atoms with Crippen molar-refractivity contribution >= 4 is 29.9 Å². The predicted molar refractivity (Wildman–Crippen MR) is 111 cm³/mol. The van der Waals surface area contributed by atoms with Crippen molar-refractivity contribution in [2.45, 2.75) is 39.3 Å². The number of aliphatic imine (C=N–C) groups is 1. The van der Waals surface area contributed by atoms with E-state index in [-0.39, 0.29) is 24.0 Å². The number of imidazole rings is 1. The molecule has 132 valence electrons. The number of hydrogen-bond acceptors (Lipinski definition) is 2. The summed E-state index contributed by atoms with van der Waals surface area (Å²) in [6.07, 6.45) is 7.72. The third-order valence-corrected chi connectivity index (χ3v) is 3.62. The molecule has 1 aromatic carbocycles. The molecular weight excluding hydrogens is 413 g/mol. The van der Waals surface area contributed by atoms with Crippen LogP contribution in [-0.2, 0) is 13.0 Å². The largest absolute Gasteiger partial charge is 0.357 e. The van der Waals surface area contributed by atoms with Gasteiger partial charge in [-0.15, -0.1) is 24.0 Å². The minimum atomic E-state index is 0. The molecule has 2 aromatic rings. The smallest absolute Gasteiger partial charge is 0.191 e. The number of nitrogens with zero attached hydrogens (tertiary/aromatic N) is 3. The molecule has 0 radical (unpaired) electrons. The van der Waals surface area contributed by atoms with Crippen LogP contribution in [0.15, 0.2) is 54.0 Å². The molecule has 0 aliphatic heterocycles. The summed E-state index contributed by atoms with van der Waals surface area (Å²) in [5, 5.41) is 6.79. The second-order valence-electron chi connectivity index (χ2n) is 5.63. The van der Waals surface area contributed by atoms with Crippen molar-refractivity contribution in [1.82, 2.24) is 20.2 Å². The Morgan fingerprint density at radius 2 is 2.08 bits per heavy atom. The zero-order chi connectivity index (χ0) is 16.3. The van der Waals surface area contributed by atoms with E-state index in [2.05, 4.69) is 64.8 Å². The van der Waals surface area contributed by atoms with Crippen LogP contribution in [0.2, 0.25) is 0 Å². The van der Waals surface area contributed by atoms with E-state index in [1.165, 1.54) is 5.56 Å². The Balaban J connectivity index is 0.00000288. The van der Waals surface area contributed by atoms with E-state index in [4.69, 9.17) is 0 Å². The van der Waals surface area contributed by atoms with Gasteiger partial charge in [0.2, 0.25) is 0 Å². The van der Waals surface area contributed by atoms with Gasteiger partial charge in [0.1, 0.15) is 0 Å². The molecule has 0 spiro atoms. The highest BCUT2D eigenvalue weighted by atomic mass is 127. The molecule has 0 amide bonds. The molecule has 1 atom stereocenters. The maximum atomic E-state index is 4.63. The first-order valence-electron chi connectivity index (χ1n) is 8.32. The average Bonchev–Trinajstić information content (AvgIpc) is 3.07. The van der Waals surface area contributed by atoms with Crippen molar-refractivity contribution in [3.05, 3.63) is 54.6 Å². The summed E-state index contributed by atoms with van der Waals surface area (Å²) in [5.41, 5.74) is 1.38. The van der Waals surface area contributed by atoms with Gasteiger partial charge in [0.05, 0.1) is 12.9 Å². The van der Waals surface area contributed by atoms with E-state index in [1.54, 1.807) is 6.20 Å². The van der Waals surface area contributed by atoms with Crippen LogP contribution >= 0.6 is 24.0 Å². The summed E-state index contributed by atoms with van der Waals surface area (Å²) in [5.74, 6) is 0.883. The highest BCUT2D eigenvalue weighted by Crippen LogP contribution is 2.04. The van der Waals surface area contributed by atoms with Crippen molar-refractivity contribution in [1.29, 1.82) is 0 Å². The summed E-state index contributed by atoms with van der Waals surface area (Å²) in [7, 11) is 0. The van der Waals surface area contributed by atoms with Crippen LogP contribution in [0.25, 0.3) is 0 Å². The van der Waals surface area contributed by atoms with Crippen molar-refractivity contribution < 1.29 is 0 Å². The summed E-state index contributed by atoms with van der Waals surface area (Å²) in [6, 6.07) is 11.0. The van der Waals surface area contributed by atoms with Crippen molar-refractivity contribution in [3.8, 4) is 0 Å². The first-order valence-corrected chi connectivity index (χ1v) is 8.32. The molecule has 0 aliphatic rings. The Labute approximate surface area is 162 Å². The zero-order valence-electron chi connectivity index (χ0n) is 14.5. The van der Waals surface area contributed by atoms with E-state index >= 15 is 0 Å². The predicted octanol–water partition coefficient (Wildman–Crippen LogP) is 3.08. The fourth-order valence-corrected chi connectivity index (χ4v) is 2.35. The lowest BCUT2D eigenvalue weighted by Crippen LogP contribution is -2.42. The van der Waals surface area contributed by atoms with E-state index in [9.17, 15) is 0 Å². The molecule has 1 heterocycles. The van der Waals surface area contributed by atoms with Gasteiger partial charge in [0.15, 0.2) is 5.96 Å². The molecule has 2 N–H and O–H groups in total. The quantitative estimate of drug-likeness (QED) is 0.376. The molecule has 2 rings (SSSR count). The number of hydrogen-bond donors (Lipinski definition) is 2. The molecule has 0 saturated carbocycles. The summed E-state index contributed by atoms with van der Waals surface area (Å²) in [6.45, 7) is 6.72. The van der Waals surface area contributed by atoms with E-state index in [1.807, 2.05) is 17.1 Å². The normalized spacial score (nSPS) is 12.3. The van der Waals surface area contributed by atoms with Crippen LogP contribution < -0.4 is 10.6 Å². The molecular formula is C18H28IN5. The SMILES string of the molecule is CCNC(=NCCn1ccnc1)NC(C)CCc1ccccc1.I. The highest BCUT2D eigenvalue weighted by molar-refractivity contribution is 14.0. The molecule has 1 unspecified atom stereocenters. The van der Waals surface area contributed by atoms with Gasteiger partial charge in [-0.1, -0.05) is 30.3 Å². The summed E-state index contributed by atoms with van der Waals surface area (Å²) in [4.78, 5) is 8.67. The third kappa shape index (κ3) is 7.81. The molecule has 5 nitrogen and oxygen atoms in total. The number of aryl methyl sites for hydroxylation is 1. The number of benzene rings is 1. The average molecular weight is 441 g/mol. The van der Waals surface area contributed by atoms with Gasteiger partial charge in [0.25, 0.3) is 0 Å². The van der Waals surface area contributed by atoms with Gasteiger partial charge in [-0.25, -0.2) is 4.98 Å². The lowest BCUT2D eigenvalue weighted by Gasteiger charge is -2.18. The Hall–Kier alpha value is -1.57. The van der Waals surface area contributed by atoms with E-state index in [0.717, 1.165) is 38.4 Å². The Morgan fingerprint density at radius 3 is 2.75 bits per heavy atom. The zero-order valence-corrected chi connectivity index (χ0v) is 16.8. The summed E-state index contributed by atoms with van der Waals surface area (Å²) < 4.78 is 2.03. The third-order valence-electron chi connectivity index (χ3n) is 3.62. The van der Waals surface area contributed by atoms with Gasteiger partial charge in [-0.2, -0.15) is 0 Å². The first kappa shape index (κ1) is 20.5. The van der Waals surface area contributed by atoms with Gasteiger partial charge in [-0.3, -0.25) is 4.99 Å². The monoisotopic (exact) mass is 441 g/mol. The molecule has 0 saturated heterocycles. The number of rotatable bonds is 8. The van der Waals surface area contributed by atoms with Gasteiger partial charge >= 0.3 is 0 Å². The molecule has 1 aromatic heterocycles. The Bertz CT molecular complexity index is 568. The molecule has 0 bridgehead atoms. The van der Waals surface area contributed by atoms with Gasteiger partial charge < -0.3 is 15.2 Å². The van der Waals surface area contributed by atoms with Gasteiger partial charge in [0, 0.05) is 31.5 Å². The van der Waals surface area contributed by atoms with Crippen LogP contribution in [0.3, 0.4) is 0 Å². The number of aromatic nitrogens is 2. The summed E-state index contributed by atoms with van der Waals surface area (Å²) >= 11 is 0. The number of guanidine groups is 1. The van der Waals surface area contributed by atoms with Crippen LogP contribution in [0.1, 0.15) is 25.8 Å². The molecule has 24 heavy (non-hydrogen) atoms. The maximum Gasteiger partial charge on any atom is 0.191 e. The number of halogens is 1. The molecule has 0 fully saturated rings. The topological polar surface area (TPSA) is 54.2 Å². The van der Waals surface area contributed by atoms with E-state index < -0.39 is 0 Å². The number of nitrogens with one attached hydrogen (secondary N) is 2. The van der Waals surface area contributed by atoms with Crippen LogP contribution in [0.4, 0.5) is 0 Å². The second-order valence-corrected chi connectivity index (χ2v) is 5.63. The Kier molecular flexibility index (Phi) is 10.1. The van der Waals surface area contributed by atoms with Crippen LogP contribution in [-0.4, -0.2) is 34.6 Å². The lowest BCUT2D eigenvalue weighted by molar-refractivity contribution is 0.591. The first-order chi connectivity index (χ1) is 11.3. The van der Waals surface area contributed by atoms with E-state index in [0.29, 0.717) is 6.04 Å². The standard InChI is InChI=1S/C18H27N5.HI/c1-3-20-18(21-12-14-23-13-11-19-15-23)22-16(2)9-10-17-7-5-4-6-8-17;/h4-8,11,13,15-16H,3,9-10,12,14H2,1-2H3,(H2,20,21,22);1H.